The van der Waals surface area contributed by atoms with E-state index in [9.17, 15) is 18.0 Å². The molecule has 0 atom stereocenters. The van der Waals surface area contributed by atoms with Gasteiger partial charge in [-0.1, -0.05) is 11.6 Å². The summed E-state index contributed by atoms with van der Waals surface area (Å²) in [6.07, 6.45) is -0.863. The summed E-state index contributed by atoms with van der Waals surface area (Å²) in [6.45, 7) is 0. The number of carboxylic acids is 1. The van der Waals surface area contributed by atoms with Gasteiger partial charge in [0.15, 0.2) is 11.3 Å². The molecular formula is C13H7ClF3KN2O3. The van der Waals surface area contributed by atoms with E-state index >= 15 is 0 Å². The number of halogens is 4. The Morgan fingerprint density at radius 1 is 1.35 bits per heavy atom. The number of carbonyl (C=O) groups is 1. The van der Waals surface area contributed by atoms with E-state index in [1.165, 1.54) is 24.8 Å². The number of hydrogen-bond acceptors (Lipinski definition) is 3. The molecule has 0 amide bonds. The Balaban J connectivity index is 0.00000192. The zero-order valence-corrected chi connectivity index (χ0v) is 11.3. The molecule has 116 valence electrons. The van der Waals surface area contributed by atoms with Crippen molar-refractivity contribution in [2.75, 3.05) is 0 Å². The number of nitrogens with zero attached hydrogens (tertiary/aromatic N) is 2. The third-order valence-corrected chi connectivity index (χ3v) is 3.39. The van der Waals surface area contributed by atoms with Crippen LogP contribution in [0.1, 0.15) is 16.1 Å². The van der Waals surface area contributed by atoms with E-state index in [2.05, 4.69) is 4.98 Å². The maximum atomic E-state index is 13.2. The van der Waals surface area contributed by atoms with Crippen LogP contribution in [0.2, 0.25) is 5.15 Å². The number of imidazole rings is 1. The third kappa shape index (κ3) is 3.35. The van der Waals surface area contributed by atoms with Crippen LogP contribution in [-0.4, -0.2) is 71.8 Å². The van der Waals surface area contributed by atoms with E-state index < -0.39 is 34.2 Å². The molecule has 0 aliphatic carbocycles. The maximum absolute atomic E-state index is 13.2. The number of hydrogen-bond donors (Lipinski definition) is 1. The number of fused-ring (bicyclic) bond motifs is 1. The molecule has 0 fully saturated rings. The molecule has 3 rings (SSSR count). The van der Waals surface area contributed by atoms with Gasteiger partial charge in [0.2, 0.25) is 0 Å². The molecule has 0 aliphatic heterocycles. The molecule has 3 heterocycles. The van der Waals surface area contributed by atoms with Gasteiger partial charge in [0.05, 0.1) is 18.1 Å². The number of rotatable bonds is 2. The zero-order valence-electron chi connectivity index (χ0n) is 10.6. The second kappa shape index (κ2) is 6.58. The summed E-state index contributed by atoms with van der Waals surface area (Å²) < 4.78 is 45.4. The van der Waals surface area contributed by atoms with Crippen molar-refractivity contribution in [3.05, 3.63) is 47.3 Å². The Hall–Kier alpha value is -0.844. The van der Waals surface area contributed by atoms with Crippen molar-refractivity contribution in [2.24, 2.45) is 0 Å². The Morgan fingerprint density at radius 3 is 2.57 bits per heavy atom. The SMILES string of the molecule is O=C(O)c1nc2c(C(F)(F)F)cc(-c3ccoc3)cn2c1Cl.[KH]. The molecule has 0 unspecified atom stereocenters. The van der Waals surface area contributed by atoms with E-state index in [0.29, 0.717) is 5.56 Å². The van der Waals surface area contributed by atoms with Crippen molar-refractivity contribution in [1.29, 1.82) is 0 Å². The van der Waals surface area contributed by atoms with Gasteiger partial charge in [-0.25, -0.2) is 9.78 Å². The van der Waals surface area contributed by atoms with Crippen LogP contribution in [-0.2, 0) is 6.18 Å². The molecular weight excluding hydrogens is 364 g/mol. The molecule has 3 aromatic heterocycles. The average Bonchev–Trinajstić information content (AvgIpc) is 3.05. The summed E-state index contributed by atoms with van der Waals surface area (Å²) in [5, 5.41) is 8.55. The van der Waals surface area contributed by atoms with Crippen LogP contribution in [0.25, 0.3) is 16.8 Å². The predicted octanol–water partition coefficient (Wildman–Crippen LogP) is 3.32. The van der Waals surface area contributed by atoms with Gasteiger partial charge in [-0.15, -0.1) is 0 Å². The summed E-state index contributed by atoms with van der Waals surface area (Å²) in [5.41, 5.74) is -1.72. The number of alkyl halides is 3. The van der Waals surface area contributed by atoms with E-state index in [4.69, 9.17) is 21.1 Å². The first-order valence-electron chi connectivity index (χ1n) is 5.83. The molecule has 0 spiro atoms. The summed E-state index contributed by atoms with van der Waals surface area (Å²) in [7, 11) is 0. The van der Waals surface area contributed by atoms with Crippen LogP contribution < -0.4 is 0 Å². The Bertz CT molecular complexity index is 875. The number of aromatic nitrogens is 2. The molecule has 1 N–H and O–H groups in total. The van der Waals surface area contributed by atoms with Crippen molar-refractivity contribution in [3.8, 4) is 11.1 Å². The number of aromatic carboxylic acids is 1. The summed E-state index contributed by atoms with van der Waals surface area (Å²) in [5.74, 6) is -1.51. The van der Waals surface area contributed by atoms with E-state index in [0.717, 1.165) is 10.5 Å². The molecule has 0 aliphatic rings. The normalized spacial score (nSPS) is 11.5. The quantitative estimate of drug-likeness (QED) is 0.703. The van der Waals surface area contributed by atoms with Gasteiger partial charge in [0, 0.05) is 17.3 Å². The summed E-state index contributed by atoms with van der Waals surface area (Å²) in [6, 6.07) is 2.35. The summed E-state index contributed by atoms with van der Waals surface area (Å²) in [4.78, 5) is 14.5. The van der Waals surface area contributed by atoms with Crippen molar-refractivity contribution in [3.63, 3.8) is 0 Å². The van der Waals surface area contributed by atoms with Crippen LogP contribution in [0.5, 0.6) is 0 Å². The van der Waals surface area contributed by atoms with Gasteiger partial charge >= 0.3 is 63.5 Å². The molecule has 0 radical (unpaired) electrons. The molecule has 23 heavy (non-hydrogen) atoms. The minimum absolute atomic E-state index is 0. The third-order valence-electron chi connectivity index (χ3n) is 3.02. The molecule has 3 aromatic rings. The molecule has 0 saturated heterocycles. The van der Waals surface area contributed by atoms with Gasteiger partial charge in [-0.3, -0.25) is 4.40 Å². The standard InChI is InChI=1S/C13H6ClF3N2O3.K.H/c14-10-9(12(20)21)18-11-8(13(15,16)17)3-7(4-19(10)11)6-1-2-22-5-6;;/h1-5H,(H,20,21);;. The first-order valence-corrected chi connectivity index (χ1v) is 6.21. The van der Waals surface area contributed by atoms with Gasteiger partial charge < -0.3 is 9.52 Å². The number of pyridine rings is 1. The van der Waals surface area contributed by atoms with Gasteiger partial charge in [0.25, 0.3) is 0 Å². The zero-order chi connectivity index (χ0) is 16.1. The second-order valence-electron chi connectivity index (χ2n) is 4.40. The molecule has 0 aromatic carbocycles. The predicted molar refractivity (Wildman–Crippen MR) is 77.0 cm³/mol. The van der Waals surface area contributed by atoms with Gasteiger partial charge in [-0.2, -0.15) is 13.2 Å². The Morgan fingerprint density at radius 2 is 2.04 bits per heavy atom. The molecule has 0 bridgehead atoms. The number of carboxylic acid groups (broad SMARTS) is 1. The fourth-order valence-corrected chi connectivity index (χ4v) is 2.30. The first-order chi connectivity index (χ1) is 10.3. The van der Waals surface area contributed by atoms with Crippen LogP contribution in [0.15, 0.2) is 35.3 Å². The van der Waals surface area contributed by atoms with Crippen molar-refractivity contribution < 1.29 is 27.5 Å². The minimum atomic E-state index is -4.72. The number of furan rings is 1. The monoisotopic (exact) mass is 370 g/mol. The van der Waals surface area contributed by atoms with Crippen molar-refractivity contribution in [1.82, 2.24) is 9.38 Å². The van der Waals surface area contributed by atoms with E-state index in [1.807, 2.05) is 0 Å². The van der Waals surface area contributed by atoms with E-state index in [-0.39, 0.29) is 56.9 Å². The van der Waals surface area contributed by atoms with Gasteiger partial charge in [0.1, 0.15) is 5.15 Å². The van der Waals surface area contributed by atoms with Crippen molar-refractivity contribution in [2.45, 2.75) is 6.18 Å². The van der Waals surface area contributed by atoms with Crippen LogP contribution in [0.4, 0.5) is 13.2 Å². The second-order valence-corrected chi connectivity index (χ2v) is 4.76. The van der Waals surface area contributed by atoms with E-state index in [1.54, 1.807) is 0 Å². The Kier molecular flexibility index (Phi) is 5.29. The van der Waals surface area contributed by atoms with Gasteiger partial charge in [-0.05, 0) is 12.1 Å². The van der Waals surface area contributed by atoms with Crippen LogP contribution in [0.3, 0.4) is 0 Å². The molecule has 10 heteroatoms. The summed E-state index contributed by atoms with van der Waals surface area (Å²) >= 11 is 5.84. The first kappa shape index (κ1) is 18.5. The topological polar surface area (TPSA) is 67.7 Å². The van der Waals surface area contributed by atoms with Crippen molar-refractivity contribution >= 4 is 74.6 Å². The fourth-order valence-electron chi connectivity index (χ4n) is 2.05. The Labute approximate surface area is 174 Å². The molecule has 0 saturated carbocycles. The van der Waals surface area contributed by atoms with Crippen LogP contribution >= 0.6 is 11.6 Å². The van der Waals surface area contributed by atoms with Crippen LogP contribution in [0, 0.1) is 0 Å². The molecule has 5 nitrogen and oxygen atoms in total. The average molecular weight is 371 g/mol. The fraction of sp³-hybridized carbons (Fsp3) is 0.0769.